The minimum atomic E-state index is -0.520. The van der Waals surface area contributed by atoms with E-state index >= 15 is 0 Å². The molecule has 0 unspecified atom stereocenters. The number of amides is 1. The van der Waals surface area contributed by atoms with Crippen LogP contribution in [0.25, 0.3) is 0 Å². The largest absolute Gasteiger partial charge is 0.444 e. The predicted molar refractivity (Wildman–Crippen MR) is 85.4 cm³/mol. The number of nitriles is 2. The lowest BCUT2D eigenvalue weighted by atomic mass is 10.2. The minimum Gasteiger partial charge on any atom is -0.444 e. The van der Waals surface area contributed by atoms with Crippen LogP contribution in [-0.4, -0.2) is 12.6 Å². The number of nitrogens with zero attached hydrogens (tertiary/aromatic N) is 3. The maximum atomic E-state index is 12.3. The van der Waals surface area contributed by atoms with Gasteiger partial charge in [0.2, 0.25) is 0 Å². The Morgan fingerprint density at radius 3 is 2.35 bits per heavy atom. The molecule has 0 bridgehead atoms. The van der Waals surface area contributed by atoms with Crippen LogP contribution >= 0.6 is 0 Å². The summed E-state index contributed by atoms with van der Waals surface area (Å²) >= 11 is 0. The molecular weight excluding hydrogens is 290 g/mol. The van der Waals surface area contributed by atoms with Gasteiger partial charge in [-0.2, -0.15) is 10.5 Å². The molecule has 0 saturated heterocycles. The fourth-order valence-electron chi connectivity index (χ4n) is 2.00. The Balaban J connectivity index is 2.08. The molecule has 0 radical (unpaired) electrons. The molecule has 0 spiro atoms. The van der Waals surface area contributed by atoms with Gasteiger partial charge in [0.05, 0.1) is 24.1 Å². The molecule has 23 heavy (non-hydrogen) atoms. The van der Waals surface area contributed by atoms with E-state index in [1.165, 1.54) is 4.90 Å². The summed E-state index contributed by atoms with van der Waals surface area (Å²) in [6, 6.07) is 20.0. The Morgan fingerprint density at radius 2 is 1.74 bits per heavy atom. The van der Waals surface area contributed by atoms with E-state index in [0.29, 0.717) is 11.3 Å². The van der Waals surface area contributed by atoms with E-state index in [1.54, 1.807) is 24.3 Å². The molecule has 114 valence electrons. The standard InChI is InChI=1S/C18H15N3O2/c19-11-4-12-21(17-9-7-15(13-20)8-10-17)18(22)23-14-16-5-2-1-3-6-16/h1-3,5-10H,4,12,14H2. The number of ether oxygens (including phenoxy) is 1. The zero-order chi connectivity index (χ0) is 16.5. The van der Waals surface area contributed by atoms with Crippen LogP contribution in [0, 0.1) is 22.7 Å². The molecule has 5 heteroatoms. The summed E-state index contributed by atoms with van der Waals surface area (Å²) in [5.41, 5.74) is 1.99. The third kappa shape index (κ3) is 4.59. The van der Waals surface area contributed by atoms with E-state index in [2.05, 4.69) is 0 Å². The van der Waals surface area contributed by atoms with Gasteiger partial charge >= 0.3 is 6.09 Å². The second kappa shape index (κ2) is 8.21. The van der Waals surface area contributed by atoms with Crippen LogP contribution in [0.4, 0.5) is 10.5 Å². The van der Waals surface area contributed by atoms with Crippen molar-refractivity contribution in [2.24, 2.45) is 0 Å². The molecule has 2 aromatic rings. The third-order valence-corrected chi connectivity index (χ3v) is 3.18. The van der Waals surface area contributed by atoms with E-state index in [9.17, 15) is 4.79 Å². The molecule has 1 amide bonds. The average Bonchev–Trinajstić information content (AvgIpc) is 2.61. The Kier molecular flexibility index (Phi) is 5.74. The van der Waals surface area contributed by atoms with Gasteiger partial charge in [0.25, 0.3) is 0 Å². The fourth-order valence-corrected chi connectivity index (χ4v) is 2.00. The molecule has 2 rings (SSSR count). The number of rotatable bonds is 5. The lowest BCUT2D eigenvalue weighted by Gasteiger charge is -2.21. The number of benzene rings is 2. The molecule has 0 N–H and O–H groups in total. The average molecular weight is 305 g/mol. The summed E-state index contributed by atoms with van der Waals surface area (Å²) in [6.45, 7) is 0.398. The van der Waals surface area contributed by atoms with E-state index in [0.717, 1.165) is 5.56 Å². The number of hydrogen-bond acceptors (Lipinski definition) is 4. The molecule has 0 aliphatic heterocycles. The van der Waals surface area contributed by atoms with Gasteiger partial charge in [-0.3, -0.25) is 4.90 Å². The highest BCUT2D eigenvalue weighted by Crippen LogP contribution is 2.17. The summed E-state index contributed by atoms with van der Waals surface area (Å²) in [6.07, 6.45) is -0.325. The van der Waals surface area contributed by atoms with Gasteiger partial charge in [-0.1, -0.05) is 30.3 Å². The van der Waals surface area contributed by atoms with Gasteiger partial charge < -0.3 is 4.74 Å². The van der Waals surface area contributed by atoms with E-state index in [4.69, 9.17) is 15.3 Å². The highest BCUT2D eigenvalue weighted by Gasteiger charge is 2.17. The van der Waals surface area contributed by atoms with Gasteiger partial charge in [0, 0.05) is 12.2 Å². The first-order chi connectivity index (χ1) is 11.2. The lowest BCUT2D eigenvalue weighted by molar-refractivity contribution is 0.147. The van der Waals surface area contributed by atoms with E-state index < -0.39 is 6.09 Å². The van der Waals surface area contributed by atoms with Crippen LogP contribution in [0.3, 0.4) is 0 Å². The quantitative estimate of drug-likeness (QED) is 0.845. The van der Waals surface area contributed by atoms with Crippen LogP contribution in [0.2, 0.25) is 0 Å². The molecule has 2 aromatic carbocycles. The normalized spacial score (nSPS) is 9.48. The Morgan fingerprint density at radius 1 is 1.04 bits per heavy atom. The van der Waals surface area contributed by atoms with Crippen molar-refractivity contribution in [2.45, 2.75) is 13.0 Å². The Hall–Kier alpha value is -3.31. The monoisotopic (exact) mass is 305 g/mol. The van der Waals surface area contributed by atoms with E-state index in [-0.39, 0.29) is 19.6 Å². The first-order valence-electron chi connectivity index (χ1n) is 7.10. The molecule has 0 fully saturated rings. The molecule has 0 saturated carbocycles. The zero-order valence-electron chi connectivity index (χ0n) is 12.5. The van der Waals surface area contributed by atoms with Crippen molar-refractivity contribution in [3.05, 3.63) is 65.7 Å². The van der Waals surface area contributed by atoms with Crippen LogP contribution in [0.1, 0.15) is 17.5 Å². The molecule has 0 aliphatic carbocycles. The highest BCUT2D eigenvalue weighted by molar-refractivity contribution is 5.87. The van der Waals surface area contributed by atoms with Crippen molar-refractivity contribution >= 4 is 11.8 Å². The minimum absolute atomic E-state index is 0.166. The zero-order valence-corrected chi connectivity index (χ0v) is 12.5. The molecule has 5 nitrogen and oxygen atoms in total. The second-order valence-corrected chi connectivity index (χ2v) is 4.76. The van der Waals surface area contributed by atoms with Gasteiger partial charge in [0.15, 0.2) is 0 Å². The molecule has 0 aromatic heterocycles. The molecule has 0 heterocycles. The van der Waals surface area contributed by atoms with E-state index in [1.807, 2.05) is 42.5 Å². The summed E-state index contributed by atoms with van der Waals surface area (Å²) < 4.78 is 5.31. The van der Waals surface area contributed by atoms with Crippen LogP contribution in [0.5, 0.6) is 0 Å². The number of anilines is 1. The van der Waals surface area contributed by atoms with Crippen molar-refractivity contribution in [1.29, 1.82) is 10.5 Å². The number of carbonyl (C=O) groups excluding carboxylic acids is 1. The van der Waals surface area contributed by atoms with Gasteiger partial charge in [-0.05, 0) is 29.8 Å². The first-order valence-corrected chi connectivity index (χ1v) is 7.10. The van der Waals surface area contributed by atoms with Crippen molar-refractivity contribution in [2.75, 3.05) is 11.4 Å². The topological polar surface area (TPSA) is 77.1 Å². The SMILES string of the molecule is N#CCCN(C(=O)OCc1ccccc1)c1ccc(C#N)cc1. The first kappa shape index (κ1) is 16.1. The second-order valence-electron chi connectivity index (χ2n) is 4.76. The number of carbonyl (C=O) groups is 1. The van der Waals surface area contributed by atoms with Gasteiger partial charge in [-0.15, -0.1) is 0 Å². The summed E-state index contributed by atoms with van der Waals surface area (Å²) in [5.74, 6) is 0. The van der Waals surface area contributed by atoms with Crippen LogP contribution < -0.4 is 4.90 Å². The van der Waals surface area contributed by atoms with Crippen LogP contribution in [-0.2, 0) is 11.3 Å². The summed E-state index contributed by atoms with van der Waals surface area (Å²) in [7, 11) is 0. The van der Waals surface area contributed by atoms with Crippen molar-refractivity contribution in [3.63, 3.8) is 0 Å². The number of hydrogen-bond donors (Lipinski definition) is 0. The van der Waals surface area contributed by atoms with Crippen LogP contribution in [0.15, 0.2) is 54.6 Å². The Bertz CT molecular complexity index is 728. The Labute approximate surface area is 134 Å². The summed E-state index contributed by atoms with van der Waals surface area (Å²) in [5, 5.41) is 17.6. The summed E-state index contributed by atoms with van der Waals surface area (Å²) in [4.78, 5) is 13.7. The molecule has 0 atom stereocenters. The maximum absolute atomic E-state index is 12.3. The van der Waals surface area contributed by atoms with Gasteiger partial charge in [0.1, 0.15) is 6.61 Å². The van der Waals surface area contributed by atoms with Crippen molar-refractivity contribution in [1.82, 2.24) is 0 Å². The fraction of sp³-hybridized carbons (Fsp3) is 0.167. The lowest BCUT2D eigenvalue weighted by Crippen LogP contribution is -2.32. The van der Waals surface area contributed by atoms with Crippen molar-refractivity contribution in [3.8, 4) is 12.1 Å². The molecule has 0 aliphatic rings. The molecular formula is C18H15N3O2. The smallest absolute Gasteiger partial charge is 0.414 e. The van der Waals surface area contributed by atoms with Gasteiger partial charge in [-0.25, -0.2) is 4.79 Å². The highest BCUT2D eigenvalue weighted by atomic mass is 16.6. The third-order valence-electron chi connectivity index (χ3n) is 3.18. The maximum Gasteiger partial charge on any atom is 0.414 e. The predicted octanol–water partition coefficient (Wildman–Crippen LogP) is 3.62. The van der Waals surface area contributed by atoms with Crippen molar-refractivity contribution < 1.29 is 9.53 Å².